The van der Waals surface area contributed by atoms with Gasteiger partial charge in [0.05, 0.1) is 5.41 Å². The molecule has 0 spiro atoms. The number of hydrogen-bond donors (Lipinski definition) is 3. The van der Waals surface area contributed by atoms with Gasteiger partial charge in [-0.1, -0.05) is 6.08 Å². The molecule has 6 heteroatoms. The van der Waals surface area contributed by atoms with E-state index >= 15 is 0 Å². The summed E-state index contributed by atoms with van der Waals surface area (Å²) in [4.78, 5) is 33.7. The molecule has 108 valence electrons. The Bertz CT molecular complexity index is 550. The van der Waals surface area contributed by atoms with E-state index in [0.29, 0.717) is 19.3 Å². The third-order valence-corrected chi connectivity index (χ3v) is 5.25. The van der Waals surface area contributed by atoms with Crippen LogP contribution in [-0.2, 0) is 14.4 Å². The Morgan fingerprint density at radius 2 is 1.85 bits per heavy atom. The fraction of sp³-hybridized carbons (Fsp3) is 0.643. The zero-order valence-electron chi connectivity index (χ0n) is 10.8. The average molecular weight is 280 g/mol. The Hall–Kier alpha value is -1.85. The molecule has 0 radical (unpaired) electrons. The Labute approximate surface area is 115 Å². The zero-order valence-corrected chi connectivity index (χ0v) is 10.8. The second-order valence-corrected chi connectivity index (χ2v) is 6.35. The average Bonchev–Trinajstić information content (AvgIpc) is 3.00. The van der Waals surface area contributed by atoms with Gasteiger partial charge in [0, 0.05) is 6.42 Å². The molecule has 0 saturated heterocycles. The second kappa shape index (κ2) is 3.84. The number of aliphatic carboxylic acids is 3. The van der Waals surface area contributed by atoms with Crippen molar-refractivity contribution >= 4 is 17.9 Å². The lowest BCUT2D eigenvalue weighted by Gasteiger charge is -2.32. The van der Waals surface area contributed by atoms with Crippen LogP contribution in [0.5, 0.6) is 0 Å². The van der Waals surface area contributed by atoms with Gasteiger partial charge in [-0.3, -0.25) is 14.4 Å². The Morgan fingerprint density at radius 3 is 2.40 bits per heavy atom. The summed E-state index contributed by atoms with van der Waals surface area (Å²) in [6.45, 7) is 0. The van der Waals surface area contributed by atoms with E-state index in [0.717, 1.165) is 5.57 Å². The summed E-state index contributed by atoms with van der Waals surface area (Å²) in [5.41, 5.74) is -1.23. The molecule has 3 rings (SSSR count). The van der Waals surface area contributed by atoms with Crippen molar-refractivity contribution in [1.29, 1.82) is 0 Å². The molecule has 2 bridgehead atoms. The Morgan fingerprint density at radius 1 is 1.15 bits per heavy atom. The maximum Gasteiger partial charge on any atom is 0.317 e. The molecule has 0 aromatic heterocycles. The van der Waals surface area contributed by atoms with Crippen molar-refractivity contribution in [2.45, 2.75) is 32.1 Å². The van der Waals surface area contributed by atoms with Gasteiger partial charge in [-0.15, -0.1) is 0 Å². The minimum absolute atomic E-state index is 0.00418. The fourth-order valence-corrected chi connectivity index (χ4v) is 4.30. The first-order chi connectivity index (χ1) is 9.31. The fourth-order valence-electron chi connectivity index (χ4n) is 4.30. The molecule has 4 atom stereocenters. The third-order valence-electron chi connectivity index (χ3n) is 5.25. The van der Waals surface area contributed by atoms with Gasteiger partial charge in [0.25, 0.3) is 0 Å². The molecule has 20 heavy (non-hydrogen) atoms. The predicted octanol–water partition coefficient (Wildman–Crippen LogP) is 1.36. The highest BCUT2D eigenvalue weighted by molar-refractivity contribution is 5.90. The first kappa shape index (κ1) is 13.1. The highest BCUT2D eigenvalue weighted by Crippen LogP contribution is 2.70. The van der Waals surface area contributed by atoms with Crippen LogP contribution in [0.1, 0.15) is 32.1 Å². The van der Waals surface area contributed by atoms with Crippen LogP contribution in [0, 0.1) is 22.7 Å². The topological polar surface area (TPSA) is 112 Å². The lowest BCUT2D eigenvalue weighted by molar-refractivity contribution is -0.154. The lowest BCUT2D eigenvalue weighted by atomic mass is 9.69. The van der Waals surface area contributed by atoms with Gasteiger partial charge in [0.15, 0.2) is 0 Å². The number of hydrogen-bond acceptors (Lipinski definition) is 3. The molecule has 0 amide bonds. The summed E-state index contributed by atoms with van der Waals surface area (Å²) >= 11 is 0. The number of rotatable bonds is 5. The van der Waals surface area contributed by atoms with E-state index in [1.807, 2.05) is 0 Å². The molecule has 2 saturated carbocycles. The van der Waals surface area contributed by atoms with Gasteiger partial charge in [0.2, 0.25) is 0 Å². The van der Waals surface area contributed by atoms with Crippen LogP contribution in [0.25, 0.3) is 0 Å². The normalized spacial score (nSPS) is 40.7. The molecule has 4 unspecified atom stereocenters. The molecule has 3 N–H and O–H groups in total. The SMILES string of the molecule is O=C(O)CCC1CC2(C(=O)O)CC1C1=CC1(C(=O)O)C2. The second-order valence-electron chi connectivity index (χ2n) is 6.35. The number of carboxylic acid groups (broad SMARTS) is 3. The molecule has 0 aromatic rings. The summed E-state index contributed by atoms with van der Waals surface area (Å²) in [6, 6.07) is 0. The highest BCUT2D eigenvalue weighted by Gasteiger charge is 2.68. The molecule has 2 fully saturated rings. The van der Waals surface area contributed by atoms with Gasteiger partial charge >= 0.3 is 17.9 Å². The van der Waals surface area contributed by atoms with E-state index < -0.39 is 28.7 Å². The van der Waals surface area contributed by atoms with Crippen molar-refractivity contribution in [3.63, 3.8) is 0 Å². The smallest absolute Gasteiger partial charge is 0.317 e. The first-order valence-corrected chi connectivity index (χ1v) is 6.73. The van der Waals surface area contributed by atoms with Crippen LogP contribution in [-0.4, -0.2) is 33.2 Å². The first-order valence-electron chi connectivity index (χ1n) is 6.73. The molecule has 3 aliphatic rings. The standard InChI is InChI=1S/C14H16O6/c15-10(16)2-1-7-3-13(11(17)18)4-8(7)9-5-14(9,6-13)12(19)20/h5,7-8H,1-4,6H2,(H,15,16)(H,17,18)(H,19,20). The summed E-state index contributed by atoms with van der Waals surface area (Å²) in [5, 5.41) is 27.7. The maximum absolute atomic E-state index is 11.6. The summed E-state index contributed by atoms with van der Waals surface area (Å²) in [7, 11) is 0. The Balaban J connectivity index is 1.87. The largest absolute Gasteiger partial charge is 0.481 e. The number of carboxylic acids is 3. The molecular formula is C14H16O6. The summed E-state index contributed by atoms with van der Waals surface area (Å²) < 4.78 is 0. The Kier molecular flexibility index (Phi) is 2.52. The minimum Gasteiger partial charge on any atom is -0.481 e. The van der Waals surface area contributed by atoms with Crippen molar-refractivity contribution in [3.8, 4) is 0 Å². The molecule has 6 nitrogen and oxygen atoms in total. The van der Waals surface area contributed by atoms with Crippen LogP contribution in [0.15, 0.2) is 11.6 Å². The predicted molar refractivity (Wildman–Crippen MR) is 65.9 cm³/mol. The van der Waals surface area contributed by atoms with Crippen LogP contribution < -0.4 is 0 Å². The monoisotopic (exact) mass is 280 g/mol. The third kappa shape index (κ3) is 1.60. The van der Waals surface area contributed by atoms with E-state index in [-0.39, 0.29) is 24.7 Å². The van der Waals surface area contributed by atoms with E-state index in [9.17, 15) is 24.6 Å². The van der Waals surface area contributed by atoms with Crippen molar-refractivity contribution in [3.05, 3.63) is 11.6 Å². The van der Waals surface area contributed by atoms with Crippen LogP contribution in [0.4, 0.5) is 0 Å². The lowest BCUT2D eigenvalue weighted by Crippen LogP contribution is -2.38. The van der Waals surface area contributed by atoms with Gasteiger partial charge in [-0.25, -0.2) is 0 Å². The van der Waals surface area contributed by atoms with E-state index in [2.05, 4.69) is 0 Å². The summed E-state index contributed by atoms with van der Waals surface area (Å²) in [5.74, 6) is -2.92. The van der Waals surface area contributed by atoms with E-state index in [4.69, 9.17) is 5.11 Å². The van der Waals surface area contributed by atoms with Gasteiger partial charge in [-0.2, -0.15) is 0 Å². The molecule has 0 aliphatic heterocycles. The quantitative estimate of drug-likeness (QED) is 0.655. The van der Waals surface area contributed by atoms with E-state index in [1.165, 1.54) is 0 Å². The van der Waals surface area contributed by atoms with Crippen LogP contribution in [0.2, 0.25) is 0 Å². The van der Waals surface area contributed by atoms with Gasteiger partial charge in [0.1, 0.15) is 5.41 Å². The van der Waals surface area contributed by atoms with Crippen molar-refractivity contribution in [2.24, 2.45) is 22.7 Å². The molecule has 0 heterocycles. The van der Waals surface area contributed by atoms with Crippen molar-refractivity contribution in [1.82, 2.24) is 0 Å². The maximum atomic E-state index is 11.6. The summed E-state index contributed by atoms with van der Waals surface area (Å²) in [6.07, 6.45) is 3.07. The highest BCUT2D eigenvalue weighted by atomic mass is 16.4. The molecule has 0 aromatic carbocycles. The van der Waals surface area contributed by atoms with E-state index in [1.54, 1.807) is 6.08 Å². The number of carbonyl (C=O) groups is 3. The number of fused-ring (bicyclic) bond motifs is 4. The van der Waals surface area contributed by atoms with Crippen LogP contribution >= 0.6 is 0 Å². The molecule has 3 aliphatic carbocycles. The van der Waals surface area contributed by atoms with Crippen molar-refractivity contribution < 1.29 is 29.7 Å². The van der Waals surface area contributed by atoms with Crippen molar-refractivity contribution in [2.75, 3.05) is 0 Å². The zero-order chi connectivity index (χ0) is 14.7. The molecular weight excluding hydrogens is 264 g/mol. The minimum atomic E-state index is -1.06. The van der Waals surface area contributed by atoms with Gasteiger partial charge in [-0.05, 0) is 43.1 Å². The van der Waals surface area contributed by atoms with Gasteiger partial charge < -0.3 is 15.3 Å². The van der Waals surface area contributed by atoms with Crippen LogP contribution in [0.3, 0.4) is 0 Å².